The SMILES string of the molecule is CNSc1ccc(NC(=O)c2nc(-c3ccc(C)cc3)cnc2N)cc1. The number of hydrogen-bond donors (Lipinski definition) is 3. The fourth-order valence-electron chi connectivity index (χ4n) is 2.34. The third-order valence-corrected chi connectivity index (χ3v) is 4.41. The van der Waals surface area contributed by atoms with Crippen LogP contribution in [-0.2, 0) is 0 Å². The van der Waals surface area contributed by atoms with Gasteiger partial charge in [-0.05, 0) is 50.2 Å². The van der Waals surface area contributed by atoms with Gasteiger partial charge >= 0.3 is 0 Å². The second-order valence-corrected chi connectivity index (χ2v) is 6.72. The van der Waals surface area contributed by atoms with Crippen molar-refractivity contribution in [3.05, 3.63) is 66.0 Å². The number of rotatable bonds is 5. The van der Waals surface area contributed by atoms with Crippen molar-refractivity contribution < 1.29 is 4.79 Å². The Balaban J connectivity index is 1.82. The molecule has 1 heterocycles. The highest BCUT2D eigenvalue weighted by Crippen LogP contribution is 2.21. The first-order chi connectivity index (χ1) is 12.6. The van der Waals surface area contributed by atoms with E-state index in [1.165, 1.54) is 11.9 Å². The minimum atomic E-state index is -0.391. The van der Waals surface area contributed by atoms with Gasteiger partial charge in [-0.25, -0.2) is 9.97 Å². The molecule has 132 valence electrons. The molecule has 1 aromatic heterocycles. The molecule has 0 aliphatic heterocycles. The van der Waals surface area contributed by atoms with Crippen LogP contribution in [0.15, 0.2) is 59.6 Å². The Hall–Kier alpha value is -2.90. The lowest BCUT2D eigenvalue weighted by molar-refractivity contribution is 0.102. The predicted octanol–water partition coefficient (Wildman–Crippen LogP) is 3.51. The molecular weight excluding hydrogens is 346 g/mol. The summed E-state index contributed by atoms with van der Waals surface area (Å²) >= 11 is 1.50. The molecule has 0 aliphatic rings. The van der Waals surface area contributed by atoms with Crippen molar-refractivity contribution in [3.63, 3.8) is 0 Å². The van der Waals surface area contributed by atoms with E-state index in [1.807, 2.05) is 62.5 Å². The second-order valence-electron chi connectivity index (χ2n) is 5.64. The van der Waals surface area contributed by atoms with E-state index in [0.717, 1.165) is 16.0 Å². The molecule has 0 spiro atoms. The van der Waals surface area contributed by atoms with Gasteiger partial charge < -0.3 is 11.1 Å². The molecule has 0 saturated heterocycles. The van der Waals surface area contributed by atoms with Crippen LogP contribution in [0.2, 0.25) is 0 Å². The predicted molar refractivity (Wildman–Crippen MR) is 106 cm³/mol. The van der Waals surface area contributed by atoms with Gasteiger partial charge in [0.15, 0.2) is 11.5 Å². The Labute approximate surface area is 156 Å². The molecule has 6 nitrogen and oxygen atoms in total. The van der Waals surface area contributed by atoms with Crippen molar-refractivity contribution in [2.75, 3.05) is 18.1 Å². The van der Waals surface area contributed by atoms with Crippen LogP contribution in [0.5, 0.6) is 0 Å². The van der Waals surface area contributed by atoms with Crippen LogP contribution in [-0.4, -0.2) is 22.9 Å². The number of benzene rings is 2. The molecule has 1 amide bonds. The second kappa shape index (κ2) is 7.99. The molecule has 0 aliphatic carbocycles. The van der Waals surface area contributed by atoms with Crippen LogP contribution >= 0.6 is 11.9 Å². The third-order valence-electron chi connectivity index (χ3n) is 3.70. The van der Waals surface area contributed by atoms with Crippen LogP contribution in [0.1, 0.15) is 16.1 Å². The summed E-state index contributed by atoms with van der Waals surface area (Å²) in [5.74, 6) is -0.293. The summed E-state index contributed by atoms with van der Waals surface area (Å²) in [6, 6.07) is 15.3. The van der Waals surface area contributed by atoms with Gasteiger partial charge in [0.25, 0.3) is 5.91 Å². The summed E-state index contributed by atoms with van der Waals surface area (Å²) in [6.07, 6.45) is 1.57. The molecule has 4 N–H and O–H groups in total. The Kier molecular flexibility index (Phi) is 5.50. The van der Waals surface area contributed by atoms with E-state index in [0.29, 0.717) is 11.4 Å². The zero-order valence-corrected chi connectivity index (χ0v) is 15.3. The minimum absolute atomic E-state index is 0.0979. The molecule has 0 bridgehead atoms. The van der Waals surface area contributed by atoms with Gasteiger partial charge in [-0.3, -0.25) is 9.52 Å². The van der Waals surface area contributed by atoms with Crippen molar-refractivity contribution in [1.29, 1.82) is 0 Å². The van der Waals surface area contributed by atoms with E-state index < -0.39 is 5.91 Å². The smallest absolute Gasteiger partial charge is 0.278 e. The maximum Gasteiger partial charge on any atom is 0.278 e. The first kappa shape index (κ1) is 17.9. The van der Waals surface area contributed by atoms with E-state index in [-0.39, 0.29) is 11.5 Å². The number of aryl methyl sites for hydroxylation is 1. The largest absolute Gasteiger partial charge is 0.382 e. The first-order valence-electron chi connectivity index (χ1n) is 8.01. The first-order valence-corrected chi connectivity index (χ1v) is 8.83. The fourth-order valence-corrected chi connectivity index (χ4v) is 2.85. The highest BCUT2D eigenvalue weighted by atomic mass is 32.2. The molecule has 0 atom stereocenters. The average molecular weight is 365 g/mol. The molecule has 3 rings (SSSR count). The van der Waals surface area contributed by atoms with Gasteiger partial charge in [0.1, 0.15) is 0 Å². The summed E-state index contributed by atoms with van der Waals surface area (Å²) in [5.41, 5.74) is 9.27. The number of nitrogen functional groups attached to an aromatic ring is 1. The lowest BCUT2D eigenvalue weighted by Crippen LogP contribution is -2.17. The summed E-state index contributed by atoms with van der Waals surface area (Å²) in [6.45, 7) is 2.01. The van der Waals surface area contributed by atoms with Gasteiger partial charge in [0, 0.05) is 16.1 Å². The number of aromatic nitrogens is 2. The van der Waals surface area contributed by atoms with E-state index in [1.54, 1.807) is 6.20 Å². The zero-order chi connectivity index (χ0) is 18.5. The van der Waals surface area contributed by atoms with Crippen LogP contribution in [0.3, 0.4) is 0 Å². The number of anilines is 2. The van der Waals surface area contributed by atoms with Crippen molar-refractivity contribution in [2.45, 2.75) is 11.8 Å². The topological polar surface area (TPSA) is 92.9 Å². The van der Waals surface area contributed by atoms with Gasteiger partial charge in [0.05, 0.1) is 11.9 Å². The number of nitrogens with two attached hydrogens (primary N) is 1. The molecule has 0 unspecified atom stereocenters. The molecular formula is C19H19N5OS. The van der Waals surface area contributed by atoms with Gasteiger partial charge in [-0.2, -0.15) is 0 Å². The number of hydrogen-bond acceptors (Lipinski definition) is 6. The average Bonchev–Trinajstić information content (AvgIpc) is 2.64. The Morgan fingerprint density at radius 3 is 2.42 bits per heavy atom. The maximum absolute atomic E-state index is 12.6. The van der Waals surface area contributed by atoms with E-state index in [9.17, 15) is 4.79 Å². The van der Waals surface area contributed by atoms with Crippen LogP contribution in [0.25, 0.3) is 11.3 Å². The van der Waals surface area contributed by atoms with Gasteiger partial charge in [-0.1, -0.05) is 29.8 Å². The Morgan fingerprint density at radius 1 is 1.08 bits per heavy atom. The summed E-state index contributed by atoms with van der Waals surface area (Å²) in [5, 5.41) is 2.81. The molecule has 0 radical (unpaired) electrons. The minimum Gasteiger partial charge on any atom is -0.382 e. The van der Waals surface area contributed by atoms with Gasteiger partial charge in [-0.15, -0.1) is 0 Å². The highest BCUT2D eigenvalue weighted by molar-refractivity contribution is 7.97. The molecule has 2 aromatic carbocycles. The molecule has 3 aromatic rings. The monoisotopic (exact) mass is 365 g/mol. The quantitative estimate of drug-likeness (QED) is 0.599. The summed E-state index contributed by atoms with van der Waals surface area (Å²) in [7, 11) is 1.85. The van der Waals surface area contributed by atoms with Crippen LogP contribution < -0.4 is 15.8 Å². The number of carbonyl (C=O) groups is 1. The van der Waals surface area contributed by atoms with Crippen molar-refractivity contribution in [2.24, 2.45) is 0 Å². The zero-order valence-electron chi connectivity index (χ0n) is 14.5. The van der Waals surface area contributed by atoms with E-state index >= 15 is 0 Å². The standard InChI is InChI=1S/C19H19N5OS/c1-12-3-5-13(6-4-12)16-11-22-18(20)17(24-16)19(25)23-14-7-9-15(10-8-14)26-21-2/h3-11,21H,1-2H3,(H2,20,22)(H,23,25). The van der Waals surface area contributed by atoms with Crippen molar-refractivity contribution >= 4 is 29.4 Å². The Morgan fingerprint density at radius 2 is 1.77 bits per heavy atom. The number of carbonyl (C=O) groups excluding carboxylic acids is 1. The molecule has 0 fully saturated rings. The van der Waals surface area contributed by atoms with Crippen molar-refractivity contribution in [3.8, 4) is 11.3 Å². The number of nitrogens with one attached hydrogen (secondary N) is 2. The Bertz CT molecular complexity index is 910. The molecule has 0 saturated carbocycles. The summed E-state index contributed by atoms with van der Waals surface area (Å²) in [4.78, 5) is 22.1. The van der Waals surface area contributed by atoms with Crippen molar-refractivity contribution in [1.82, 2.24) is 14.7 Å². The maximum atomic E-state index is 12.6. The van der Waals surface area contributed by atoms with E-state index in [4.69, 9.17) is 5.73 Å². The lowest BCUT2D eigenvalue weighted by atomic mass is 10.1. The van der Waals surface area contributed by atoms with Crippen LogP contribution in [0.4, 0.5) is 11.5 Å². The summed E-state index contributed by atoms with van der Waals surface area (Å²) < 4.78 is 3.00. The fraction of sp³-hybridized carbons (Fsp3) is 0.105. The van der Waals surface area contributed by atoms with Crippen LogP contribution in [0, 0.1) is 6.92 Å². The van der Waals surface area contributed by atoms with E-state index in [2.05, 4.69) is 20.0 Å². The molecule has 7 heteroatoms. The third kappa shape index (κ3) is 4.19. The highest BCUT2D eigenvalue weighted by Gasteiger charge is 2.15. The lowest BCUT2D eigenvalue weighted by Gasteiger charge is -2.09. The normalized spacial score (nSPS) is 10.5. The van der Waals surface area contributed by atoms with Gasteiger partial charge in [0.2, 0.25) is 0 Å². The number of nitrogens with zero attached hydrogens (tertiary/aromatic N) is 2. The molecule has 26 heavy (non-hydrogen) atoms. The number of amides is 1.